The van der Waals surface area contributed by atoms with E-state index in [2.05, 4.69) is 10.3 Å². The average molecular weight is 335 g/mol. The minimum absolute atomic E-state index is 0.0537. The first-order valence-corrected chi connectivity index (χ1v) is 7.19. The molecule has 0 spiro atoms. The predicted molar refractivity (Wildman–Crippen MR) is 84.2 cm³/mol. The van der Waals surface area contributed by atoms with E-state index in [1.165, 1.54) is 0 Å². The quantitative estimate of drug-likeness (QED) is 0.628. The standard InChI is InChI=1S/C16H18FN3O4/c17-11-6-12(15(18)19-7-11)14(22)13(21)8-20-16(23)24-9-10-4-2-1-3-5-10/h1-7,13-14,21-22H,8-9H2,(H2,18,19)(H,20,23). The molecule has 0 radical (unpaired) electrons. The number of aliphatic hydroxyl groups is 2. The molecule has 1 aromatic heterocycles. The number of rotatable bonds is 6. The number of carbonyl (C=O) groups is 1. The van der Waals surface area contributed by atoms with Crippen molar-refractivity contribution in [1.29, 1.82) is 0 Å². The Morgan fingerprint density at radius 3 is 2.75 bits per heavy atom. The van der Waals surface area contributed by atoms with Gasteiger partial charge in [-0.05, 0) is 11.6 Å². The third-order valence-electron chi connectivity index (χ3n) is 3.27. The molecule has 0 bridgehead atoms. The molecule has 0 saturated carbocycles. The lowest BCUT2D eigenvalue weighted by Gasteiger charge is -2.19. The number of hydrogen-bond acceptors (Lipinski definition) is 6. The van der Waals surface area contributed by atoms with Crippen molar-refractivity contribution in [2.45, 2.75) is 18.8 Å². The summed E-state index contributed by atoms with van der Waals surface area (Å²) in [6.07, 6.45) is -2.75. The van der Waals surface area contributed by atoms with Crippen LogP contribution < -0.4 is 11.1 Å². The van der Waals surface area contributed by atoms with Crippen molar-refractivity contribution < 1.29 is 24.1 Å². The second-order valence-corrected chi connectivity index (χ2v) is 5.08. The summed E-state index contributed by atoms with van der Waals surface area (Å²) < 4.78 is 18.1. The maximum absolute atomic E-state index is 13.1. The number of alkyl carbamates (subject to hydrolysis) is 1. The minimum atomic E-state index is -1.50. The van der Waals surface area contributed by atoms with Crippen LogP contribution in [0.15, 0.2) is 42.6 Å². The van der Waals surface area contributed by atoms with Gasteiger partial charge in [0.05, 0.1) is 6.20 Å². The maximum atomic E-state index is 13.1. The number of halogens is 1. The molecule has 5 N–H and O–H groups in total. The zero-order valence-electron chi connectivity index (χ0n) is 12.7. The van der Waals surface area contributed by atoms with E-state index in [9.17, 15) is 19.4 Å². The van der Waals surface area contributed by atoms with Crippen LogP contribution in [0.3, 0.4) is 0 Å². The fraction of sp³-hybridized carbons (Fsp3) is 0.250. The van der Waals surface area contributed by atoms with Gasteiger partial charge in [-0.15, -0.1) is 0 Å². The molecule has 128 valence electrons. The van der Waals surface area contributed by atoms with Crippen molar-refractivity contribution in [3.63, 3.8) is 0 Å². The molecule has 24 heavy (non-hydrogen) atoms. The van der Waals surface area contributed by atoms with Gasteiger partial charge < -0.3 is 26.0 Å². The average Bonchev–Trinajstić information content (AvgIpc) is 2.60. The number of anilines is 1. The smallest absolute Gasteiger partial charge is 0.407 e. The van der Waals surface area contributed by atoms with Crippen LogP contribution in [0.1, 0.15) is 17.2 Å². The van der Waals surface area contributed by atoms with Gasteiger partial charge in [-0.1, -0.05) is 30.3 Å². The number of ether oxygens (including phenoxy) is 1. The fourth-order valence-electron chi connectivity index (χ4n) is 1.98. The van der Waals surface area contributed by atoms with Gasteiger partial charge in [-0.25, -0.2) is 14.2 Å². The highest BCUT2D eigenvalue weighted by Gasteiger charge is 2.22. The summed E-state index contributed by atoms with van der Waals surface area (Å²) in [6, 6.07) is 10.0. The lowest BCUT2D eigenvalue weighted by Crippen LogP contribution is -2.36. The number of aliphatic hydroxyl groups excluding tert-OH is 2. The van der Waals surface area contributed by atoms with Crippen molar-refractivity contribution in [3.05, 3.63) is 59.5 Å². The summed E-state index contributed by atoms with van der Waals surface area (Å²) in [4.78, 5) is 15.1. The molecular weight excluding hydrogens is 317 g/mol. The second kappa shape index (κ2) is 8.23. The summed E-state index contributed by atoms with van der Waals surface area (Å²) in [5, 5.41) is 22.2. The number of hydrogen-bond donors (Lipinski definition) is 4. The molecule has 2 rings (SSSR count). The molecule has 1 aromatic carbocycles. The number of nitrogen functional groups attached to an aromatic ring is 1. The lowest BCUT2D eigenvalue weighted by molar-refractivity contribution is 0.0185. The van der Waals surface area contributed by atoms with Crippen LogP contribution in [0.4, 0.5) is 15.0 Å². The Bertz CT molecular complexity index is 684. The number of aromatic nitrogens is 1. The van der Waals surface area contributed by atoms with E-state index in [0.717, 1.165) is 17.8 Å². The molecule has 1 heterocycles. The van der Waals surface area contributed by atoms with Gasteiger partial charge in [0.2, 0.25) is 0 Å². The number of nitrogens with two attached hydrogens (primary N) is 1. The van der Waals surface area contributed by atoms with Crippen LogP contribution in [0.5, 0.6) is 0 Å². The molecule has 0 aliphatic heterocycles. The van der Waals surface area contributed by atoms with Crippen molar-refractivity contribution >= 4 is 11.9 Å². The van der Waals surface area contributed by atoms with Crippen LogP contribution in [0.25, 0.3) is 0 Å². The molecule has 2 aromatic rings. The number of pyridine rings is 1. The van der Waals surface area contributed by atoms with E-state index in [-0.39, 0.29) is 24.5 Å². The van der Waals surface area contributed by atoms with E-state index in [1.807, 2.05) is 18.2 Å². The summed E-state index contributed by atoms with van der Waals surface area (Å²) in [5.41, 5.74) is 6.29. The highest BCUT2D eigenvalue weighted by Crippen LogP contribution is 2.22. The molecule has 0 aliphatic carbocycles. The fourth-order valence-corrected chi connectivity index (χ4v) is 1.98. The lowest BCUT2D eigenvalue weighted by atomic mass is 10.1. The van der Waals surface area contributed by atoms with Gasteiger partial charge >= 0.3 is 6.09 Å². The zero-order chi connectivity index (χ0) is 17.5. The topological polar surface area (TPSA) is 118 Å². The molecule has 8 heteroatoms. The highest BCUT2D eigenvalue weighted by atomic mass is 19.1. The predicted octanol–water partition coefficient (Wildman–Crippen LogP) is 1.12. The first kappa shape index (κ1) is 17.6. The van der Waals surface area contributed by atoms with Crippen LogP contribution in [-0.4, -0.2) is 33.9 Å². The van der Waals surface area contributed by atoms with Crippen molar-refractivity contribution in [2.24, 2.45) is 0 Å². The molecule has 0 saturated heterocycles. The largest absolute Gasteiger partial charge is 0.445 e. The SMILES string of the molecule is Nc1ncc(F)cc1C(O)C(O)CNC(=O)OCc1ccccc1. The van der Waals surface area contributed by atoms with E-state index < -0.39 is 24.1 Å². The van der Waals surface area contributed by atoms with Crippen LogP contribution >= 0.6 is 0 Å². The summed E-state index contributed by atoms with van der Waals surface area (Å²) >= 11 is 0. The Balaban J connectivity index is 1.82. The Labute approximate surface area is 137 Å². The highest BCUT2D eigenvalue weighted by molar-refractivity contribution is 5.67. The summed E-state index contributed by atoms with van der Waals surface area (Å²) in [7, 11) is 0. The Hall–Kier alpha value is -2.71. The van der Waals surface area contributed by atoms with Gasteiger partial charge in [0.25, 0.3) is 0 Å². The third-order valence-corrected chi connectivity index (χ3v) is 3.27. The van der Waals surface area contributed by atoms with E-state index in [0.29, 0.717) is 0 Å². The van der Waals surface area contributed by atoms with Gasteiger partial charge in [0.15, 0.2) is 0 Å². The van der Waals surface area contributed by atoms with E-state index in [4.69, 9.17) is 10.5 Å². The number of carbonyl (C=O) groups excluding carboxylic acids is 1. The molecular formula is C16H18FN3O4. The first-order valence-electron chi connectivity index (χ1n) is 7.19. The number of nitrogens with one attached hydrogen (secondary N) is 1. The van der Waals surface area contributed by atoms with Crippen LogP contribution in [-0.2, 0) is 11.3 Å². The number of benzene rings is 1. The van der Waals surface area contributed by atoms with E-state index in [1.54, 1.807) is 12.1 Å². The molecule has 7 nitrogen and oxygen atoms in total. The summed E-state index contributed by atoms with van der Waals surface area (Å²) in [6.45, 7) is -0.225. The summed E-state index contributed by atoms with van der Waals surface area (Å²) in [5.74, 6) is -0.796. The van der Waals surface area contributed by atoms with Crippen LogP contribution in [0, 0.1) is 5.82 Å². The minimum Gasteiger partial charge on any atom is -0.445 e. The van der Waals surface area contributed by atoms with Gasteiger partial charge in [-0.2, -0.15) is 0 Å². The molecule has 0 aliphatic rings. The van der Waals surface area contributed by atoms with Gasteiger partial charge in [-0.3, -0.25) is 0 Å². The number of amides is 1. The molecule has 2 atom stereocenters. The molecule has 0 fully saturated rings. The Morgan fingerprint density at radius 2 is 2.04 bits per heavy atom. The zero-order valence-corrected chi connectivity index (χ0v) is 12.7. The van der Waals surface area contributed by atoms with Crippen molar-refractivity contribution in [1.82, 2.24) is 10.3 Å². The molecule has 1 amide bonds. The first-order chi connectivity index (χ1) is 11.5. The second-order valence-electron chi connectivity index (χ2n) is 5.08. The van der Waals surface area contributed by atoms with Gasteiger partial charge in [0.1, 0.15) is 30.4 Å². The van der Waals surface area contributed by atoms with Crippen molar-refractivity contribution in [3.8, 4) is 0 Å². The monoisotopic (exact) mass is 335 g/mol. The third kappa shape index (κ3) is 4.90. The van der Waals surface area contributed by atoms with Crippen molar-refractivity contribution in [2.75, 3.05) is 12.3 Å². The Kier molecular flexibility index (Phi) is 6.05. The maximum Gasteiger partial charge on any atom is 0.407 e. The van der Waals surface area contributed by atoms with E-state index >= 15 is 0 Å². The molecule has 2 unspecified atom stereocenters. The van der Waals surface area contributed by atoms with Crippen LogP contribution in [0.2, 0.25) is 0 Å². The van der Waals surface area contributed by atoms with Gasteiger partial charge in [0, 0.05) is 12.1 Å². The Morgan fingerprint density at radius 1 is 1.33 bits per heavy atom. The normalized spacial score (nSPS) is 13.1. The number of nitrogens with zero attached hydrogens (tertiary/aromatic N) is 1.